The van der Waals surface area contributed by atoms with Crippen LogP contribution in [-0.4, -0.2) is 19.5 Å². The third-order valence-corrected chi connectivity index (χ3v) is 2.93. The number of hydrogen-bond acceptors (Lipinski definition) is 5. The number of hydrogen-bond donors (Lipinski definition) is 0. The first-order valence-corrected chi connectivity index (χ1v) is 5.24. The molecule has 2 aromatic heterocycles. The van der Waals surface area contributed by atoms with Gasteiger partial charge in [0.2, 0.25) is 0 Å². The zero-order valence-electron chi connectivity index (χ0n) is 8.40. The molecule has 0 spiro atoms. The van der Waals surface area contributed by atoms with Crippen LogP contribution in [0.1, 0.15) is 0 Å². The van der Waals surface area contributed by atoms with E-state index in [4.69, 9.17) is 0 Å². The van der Waals surface area contributed by atoms with Crippen LogP contribution >= 0.6 is 11.8 Å². The molecule has 0 fully saturated rings. The van der Waals surface area contributed by atoms with Crippen LogP contribution in [0.5, 0.6) is 0 Å². The van der Waals surface area contributed by atoms with Gasteiger partial charge in [0.05, 0.1) is 4.92 Å². The molecule has 0 aliphatic heterocycles. The zero-order chi connectivity index (χ0) is 11.5. The van der Waals surface area contributed by atoms with E-state index < -0.39 is 4.92 Å². The molecule has 0 saturated heterocycles. The van der Waals surface area contributed by atoms with Gasteiger partial charge in [-0.3, -0.25) is 10.1 Å². The van der Waals surface area contributed by atoms with Gasteiger partial charge in [-0.25, -0.2) is 9.97 Å². The van der Waals surface area contributed by atoms with Gasteiger partial charge in [-0.2, -0.15) is 0 Å². The standard InChI is InChI=1S/C9H8N4O2S/c1-12-5-4-10-9(12)16-8-3-2-7(6-11-8)13(14)15/h2-6H,1H3. The van der Waals surface area contributed by atoms with Gasteiger partial charge in [0.15, 0.2) is 5.16 Å². The Hall–Kier alpha value is -1.89. The van der Waals surface area contributed by atoms with Gasteiger partial charge >= 0.3 is 0 Å². The van der Waals surface area contributed by atoms with Crippen LogP contribution in [0.25, 0.3) is 0 Å². The maximum atomic E-state index is 10.4. The second-order valence-corrected chi connectivity index (χ2v) is 4.02. The lowest BCUT2D eigenvalue weighted by Gasteiger charge is -1.99. The lowest BCUT2D eigenvalue weighted by molar-refractivity contribution is -0.385. The lowest BCUT2D eigenvalue weighted by Crippen LogP contribution is -1.91. The smallest absolute Gasteiger partial charge is 0.287 e. The third-order valence-electron chi connectivity index (χ3n) is 1.90. The Balaban J connectivity index is 2.17. The normalized spacial score (nSPS) is 10.3. The first kappa shape index (κ1) is 10.6. The summed E-state index contributed by atoms with van der Waals surface area (Å²) in [6.45, 7) is 0. The highest BCUT2D eigenvalue weighted by Gasteiger charge is 2.07. The second kappa shape index (κ2) is 4.31. The van der Waals surface area contributed by atoms with Crippen LogP contribution in [0.3, 0.4) is 0 Å². The Labute approximate surface area is 95.5 Å². The van der Waals surface area contributed by atoms with Crippen molar-refractivity contribution in [2.24, 2.45) is 7.05 Å². The van der Waals surface area contributed by atoms with E-state index in [9.17, 15) is 10.1 Å². The summed E-state index contributed by atoms with van der Waals surface area (Å²) in [4.78, 5) is 18.1. The summed E-state index contributed by atoms with van der Waals surface area (Å²) in [5.74, 6) is 0. The molecular weight excluding hydrogens is 228 g/mol. The summed E-state index contributed by atoms with van der Waals surface area (Å²) in [5, 5.41) is 11.9. The van der Waals surface area contributed by atoms with E-state index >= 15 is 0 Å². The molecule has 0 saturated carbocycles. The largest absolute Gasteiger partial charge is 0.329 e. The Bertz CT molecular complexity index is 508. The molecule has 0 amide bonds. The van der Waals surface area contributed by atoms with Crippen molar-refractivity contribution in [3.63, 3.8) is 0 Å². The number of aromatic nitrogens is 3. The zero-order valence-corrected chi connectivity index (χ0v) is 9.22. The molecular formula is C9H8N4O2S. The molecule has 2 rings (SSSR count). The van der Waals surface area contributed by atoms with E-state index in [1.54, 1.807) is 12.3 Å². The van der Waals surface area contributed by atoms with Crippen LogP contribution in [0, 0.1) is 10.1 Å². The number of nitro groups is 1. The highest BCUT2D eigenvalue weighted by atomic mass is 32.2. The molecule has 2 aromatic rings. The highest BCUT2D eigenvalue weighted by Crippen LogP contribution is 2.24. The topological polar surface area (TPSA) is 73.8 Å². The molecule has 16 heavy (non-hydrogen) atoms. The van der Waals surface area contributed by atoms with Crippen molar-refractivity contribution in [2.75, 3.05) is 0 Å². The van der Waals surface area contributed by atoms with Gasteiger partial charge in [-0.05, 0) is 17.8 Å². The summed E-state index contributed by atoms with van der Waals surface area (Å²) in [6.07, 6.45) is 4.76. The summed E-state index contributed by atoms with van der Waals surface area (Å²) >= 11 is 1.36. The summed E-state index contributed by atoms with van der Waals surface area (Å²) in [5.41, 5.74) is -0.0100. The molecule has 0 bridgehead atoms. The average molecular weight is 236 g/mol. The van der Waals surface area contributed by atoms with Crippen LogP contribution in [0.4, 0.5) is 5.69 Å². The van der Waals surface area contributed by atoms with Crippen molar-refractivity contribution in [3.8, 4) is 0 Å². The first-order valence-electron chi connectivity index (χ1n) is 4.42. The Morgan fingerprint density at radius 3 is 2.75 bits per heavy atom. The van der Waals surface area contributed by atoms with Crippen LogP contribution in [0.15, 0.2) is 40.9 Å². The maximum Gasteiger partial charge on any atom is 0.287 e. The number of rotatable bonds is 3. The summed E-state index contributed by atoms with van der Waals surface area (Å²) in [7, 11) is 1.88. The van der Waals surface area contributed by atoms with Gasteiger partial charge in [-0.15, -0.1) is 0 Å². The van der Waals surface area contributed by atoms with Crippen molar-refractivity contribution >= 4 is 17.4 Å². The van der Waals surface area contributed by atoms with Gasteiger partial charge in [0, 0.05) is 25.5 Å². The third kappa shape index (κ3) is 2.19. The molecule has 0 aliphatic rings. The number of imidazole rings is 1. The molecule has 0 aromatic carbocycles. The van der Waals surface area contributed by atoms with E-state index in [-0.39, 0.29) is 5.69 Å². The summed E-state index contributed by atoms with van der Waals surface area (Å²) < 4.78 is 1.85. The van der Waals surface area contributed by atoms with Crippen LogP contribution in [-0.2, 0) is 7.05 Å². The molecule has 0 N–H and O–H groups in total. The fourth-order valence-electron chi connectivity index (χ4n) is 1.08. The van der Waals surface area contributed by atoms with Crippen LogP contribution in [0.2, 0.25) is 0 Å². The highest BCUT2D eigenvalue weighted by molar-refractivity contribution is 7.99. The van der Waals surface area contributed by atoms with Crippen molar-refractivity contribution in [1.29, 1.82) is 0 Å². The number of aryl methyl sites for hydroxylation is 1. The van der Waals surface area contributed by atoms with Crippen molar-refractivity contribution in [2.45, 2.75) is 10.2 Å². The minimum atomic E-state index is -0.470. The fourth-order valence-corrected chi connectivity index (χ4v) is 1.83. The first-order chi connectivity index (χ1) is 7.66. The monoisotopic (exact) mass is 236 g/mol. The Kier molecular flexibility index (Phi) is 2.86. The molecule has 82 valence electrons. The van der Waals surface area contributed by atoms with E-state index in [0.29, 0.717) is 5.03 Å². The van der Waals surface area contributed by atoms with E-state index in [1.807, 2.05) is 17.8 Å². The predicted octanol–water partition coefficient (Wildman–Crippen LogP) is 1.87. The van der Waals surface area contributed by atoms with Gasteiger partial charge < -0.3 is 4.57 Å². The molecule has 0 aliphatic carbocycles. The number of pyridine rings is 1. The van der Waals surface area contributed by atoms with E-state index in [0.717, 1.165) is 5.16 Å². The molecule has 6 nitrogen and oxygen atoms in total. The molecule has 2 heterocycles. The predicted molar refractivity (Wildman–Crippen MR) is 58.2 cm³/mol. The summed E-state index contributed by atoms with van der Waals surface area (Å²) in [6, 6.07) is 3.04. The average Bonchev–Trinajstić information content (AvgIpc) is 2.65. The molecule has 0 unspecified atom stereocenters. The Morgan fingerprint density at radius 2 is 2.25 bits per heavy atom. The molecule has 0 radical (unpaired) electrons. The Morgan fingerprint density at radius 1 is 1.44 bits per heavy atom. The SMILES string of the molecule is Cn1ccnc1Sc1ccc([N+](=O)[O-])cn1. The lowest BCUT2D eigenvalue weighted by atomic mass is 10.4. The van der Waals surface area contributed by atoms with Crippen molar-refractivity contribution in [1.82, 2.24) is 14.5 Å². The minimum Gasteiger partial charge on any atom is -0.329 e. The van der Waals surface area contributed by atoms with Gasteiger partial charge in [-0.1, -0.05) is 0 Å². The second-order valence-electron chi connectivity index (χ2n) is 3.03. The maximum absolute atomic E-state index is 10.4. The number of nitrogens with zero attached hydrogens (tertiary/aromatic N) is 4. The van der Waals surface area contributed by atoms with Crippen LogP contribution < -0.4 is 0 Å². The fraction of sp³-hybridized carbons (Fsp3) is 0.111. The minimum absolute atomic E-state index is 0.0100. The quantitative estimate of drug-likeness (QED) is 0.600. The van der Waals surface area contributed by atoms with E-state index in [1.165, 1.54) is 24.0 Å². The van der Waals surface area contributed by atoms with Crippen molar-refractivity contribution < 1.29 is 4.92 Å². The van der Waals surface area contributed by atoms with E-state index in [2.05, 4.69) is 9.97 Å². The van der Waals surface area contributed by atoms with Crippen molar-refractivity contribution in [3.05, 3.63) is 40.8 Å². The van der Waals surface area contributed by atoms with Gasteiger partial charge in [0.1, 0.15) is 11.2 Å². The van der Waals surface area contributed by atoms with Gasteiger partial charge in [0.25, 0.3) is 5.69 Å². The molecule has 0 atom stereocenters. The molecule has 7 heteroatoms.